The van der Waals surface area contributed by atoms with Crippen LogP contribution in [0.1, 0.15) is 17.4 Å². The first-order chi connectivity index (χ1) is 9.20. The molecule has 0 saturated heterocycles. The summed E-state index contributed by atoms with van der Waals surface area (Å²) >= 11 is 5.72. The maximum atomic E-state index is 13.7. The molecule has 0 saturated carbocycles. The van der Waals surface area contributed by atoms with Crippen LogP contribution in [0.15, 0.2) is 41.0 Å². The molecule has 5 heteroatoms. The number of ether oxygens (including phenoxy) is 1. The molecule has 1 atom stereocenters. The van der Waals surface area contributed by atoms with E-state index in [1.165, 1.54) is 6.07 Å². The van der Waals surface area contributed by atoms with Crippen LogP contribution in [0.5, 0.6) is 0 Å². The number of benzene rings is 1. The van der Waals surface area contributed by atoms with E-state index < -0.39 is 0 Å². The zero-order valence-corrected chi connectivity index (χ0v) is 11.3. The Labute approximate surface area is 116 Å². The van der Waals surface area contributed by atoms with Crippen molar-refractivity contribution >= 4 is 11.6 Å². The molecule has 0 aliphatic carbocycles. The van der Waals surface area contributed by atoms with Gasteiger partial charge in [0.05, 0.1) is 18.9 Å². The minimum atomic E-state index is -0.324. The lowest BCUT2D eigenvalue weighted by atomic mass is 10.2. The van der Waals surface area contributed by atoms with Gasteiger partial charge < -0.3 is 14.5 Å². The van der Waals surface area contributed by atoms with E-state index in [1.807, 2.05) is 12.1 Å². The van der Waals surface area contributed by atoms with Crippen molar-refractivity contribution in [2.45, 2.75) is 12.6 Å². The van der Waals surface area contributed by atoms with Crippen molar-refractivity contribution in [1.29, 1.82) is 0 Å². The summed E-state index contributed by atoms with van der Waals surface area (Å²) in [5.41, 5.74) is 0.553. The standard InChI is InChI=1S/C14H15ClFNO2/c1-18-9-13(14-3-2-6-19-14)17-8-10-4-5-11(15)7-12(10)16/h2-7,13,17H,8-9H2,1H3/t13-/m1/s1. The second-order valence-corrected chi connectivity index (χ2v) is 4.58. The monoisotopic (exact) mass is 283 g/mol. The highest BCUT2D eigenvalue weighted by Gasteiger charge is 2.14. The van der Waals surface area contributed by atoms with E-state index in [1.54, 1.807) is 25.5 Å². The van der Waals surface area contributed by atoms with Crippen LogP contribution >= 0.6 is 11.6 Å². The number of methoxy groups -OCH3 is 1. The van der Waals surface area contributed by atoms with Crippen molar-refractivity contribution in [1.82, 2.24) is 5.32 Å². The van der Waals surface area contributed by atoms with Gasteiger partial charge in [-0.3, -0.25) is 0 Å². The van der Waals surface area contributed by atoms with E-state index in [0.29, 0.717) is 23.7 Å². The number of hydrogen-bond donors (Lipinski definition) is 1. The number of hydrogen-bond acceptors (Lipinski definition) is 3. The second-order valence-electron chi connectivity index (χ2n) is 4.14. The lowest BCUT2D eigenvalue weighted by Gasteiger charge is -2.16. The van der Waals surface area contributed by atoms with Gasteiger partial charge in [0.25, 0.3) is 0 Å². The predicted octanol–water partition coefficient (Wildman–Crippen LogP) is 3.55. The maximum absolute atomic E-state index is 13.7. The Balaban J connectivity index is 2.02. The summed E-state index contributed by atoms with van der Waals surface area (Å²) in [6.45, 7) is 0.820. The van der Waals surface area contributed by atoms with Crippen LogP contribution in [0.4, 0.5) is 4.39 Å². The summed E-state index contributed by atoms with van der Waals surface area (Å²) < 4.78 is 24.1. The summed E-state index contributed by atoms with van der Waals surface area (Å²) in [7, 11) is 1.61. The third-order valence-electron chi connectivity index (χ3n) is 2.77. The minimum Gasteiger partial charge on any atom is -0.468 e. The third-order valence-corrected chi connectivity index (χ3v) is 3.01. The highest BCUT2D eigenvalue weighted by atomic mass is 35.5. The van der Waals surface area contributed by atoms with E-state index in [-0.39, 0.29) is 11.9 Å². The van der Waals surface area contributed by atoms with Crippen LogP contribution in [0.25, 0.3) is 0 Å². The molecule has 3 nitrogen and oxygen atoms in total. The van der Waals surface area contributed by atoms with Gasteiger partial charge in [0.1, 0.15) is 11.6 Å². The predicted molar refractivity (Wildman–Crippen MR) is 71.6 cm³/mol. The molecule has 0 unspecified atom stereocenters. The van der Waals surface area contributed by atoms with Crippen molar-refractivity contribution in [3.63, 3.8) is 0 Å². The summed E-state index contributed by atoms with van der Waals surface area (Å²) in [4.78, 5) is 0. The van der Waals surface area contributed by atoms with Crippen molar-refractivity contribution < 1.29 is 13.5 Å². The van der Waals surface area contributed by atoms with Crippen molar-refractivity contribution in [2.24, 2.45) is 0 Å². The highest BCUT2D eigenvalue weighted by Crippen LogP contribution is 2.17. The first-order valence-corrected chi connectivity index (χ1v) is 6.28. The fraction of sp³-hybridized carbons (Fsp3) is 0.286. The minimum absolute atomic E-state index is 0.116. The molecule has 102 valence electrons. The quantitative estimate of drug-likeness (QED) is 0.880. The molecule has 1 N–H and O–H groups in total. The van der Waals surface area contributed by atoms with Crippen LogP contribution in [-0.2, 0) is 11.3 Å². The third kappa shape index (κ3) is 3.80. The van der Waals surface area contributed by atoms with Crippen molar-refractivity contribution in [3.05, 3.63) is 58.8 Å². The zero-order valence-electron chi connectivity index (χ0n) is 10.5. The van der Waals surface area contributed by atoms with Crippen LogP contribution in [0.2, 0.25) is 5.02 Å². The molecule has 2 rings (SSSR count). The van der Waals surface area contributed by atoms with Crippen LogP contribution in [0.3, 0.4) is 0 Å². The molecular formula is C14H15ClFNO2. The normalized spacial score (nSPS) is 12.6. The zero-order chi connectivity index (χ0) is 13.7. The number of halogens is 2. The summed E-state index contributed by atoms with van der Waals surface area (Å²) in [6, 6.07) is 8.18. The van der Waals surface area contributed by atoms with Gasteiger partial charge >= 0.3 is 0 Å². The van der Waals surface area contributed by atoms with E-state index in [2.05, 4.69) is 5.32 Å². The van der Waals surface area contributed by atoms with Gasteiger partial charge in [0.15, 0.2) is 0 Å². The largest absolute Gasteiger partial charge is 0.468 e. The molecule has 0 bridgehead atoms. The molecule has 1 aromatic heterocycles. The van der Waals surface area contributed by atoms with Gasteiger partial charge in [-0.05, 0) is 24.3 Å². The molecule has 19 heavy (non-hydrogen) atoms. The topological polar surface area (TPSA) is 34.4 Å². The maximum Gasteiger partial charge on any atom is 0.129 e. The molecular weight excluding hydrogens is 269 g/mol. The summed E-state index contributed by atoms with van der Waals surface area (Å²) in [5.74, 6) is 0.437. The Morgan fingerprint density at radius 2 is 2.26 bits per heavy atom. The number of nitrogens with one attached hydrogen (secondary N) is 1. The van der Waals surface area contributed by atoms with Crippen LogP contribution < -0.4 is 5.32 Å². The molecule has 0 amide bonds. The smallest absolute Gasteiger partial charge is 0.129 e. The average molecular weight is 284 g/mol. The molecule has 0 fully saturated rings. The lowest BCUT2D eigenvalue weighted by Crippen LogP contribution is -2.24. The summed E-state index contributed by atoms with van der Waals surface area (Å²) in [5, 5.41) is 3.59. The molecule has 1 aromatic carbocycles. The molecule has 0 aliphatic rings. The average Bonchev–Trinajstić information content (AvgIpc) is 2.90. The Kier molecular flexibility index (Phi) is 4.96. The van der Waals surface area contributed by atoms with Crippen molar-refractivity contribution in [3.8, 4) is 0 Å². The molecule has 0 aliphatic heterocycles. The Bertz CT molecular complexity index is 516. The number of rotatable bonds is 6. The van der Waals surface area contributed by atoms with Gasteiger partial charge in [-0.15, -0.1) is 0 Å². The Morgan fingerprint density at radius 1 is 1.42 bits per heavy atom. The first-order valence-electron chi connectivity index (χ1n) is 5.90. The first kappa shape index (κ1) is 14.1. The Hall–Kier alpha value is -1.36. The van der Waals surface area contributed by atoms with Gasteiger partial charge in [0, 0.05) is 24.2 Å². The van der Waals surface area contributed by atoms with Gasteiger partial charge in [-0.25, -0.2) is 4.39 Å². The molecule has 2 aromatic rings. The molecule has 1 heterocycles. The van der Waals surface area contributed by atoms with Crippen LogP contribution in [0, 0.1) is 5.82 Å². The Morgan fingerprint density at radius 3 is 2.89 bits per heavy atom. The molecule has 0 spiro atoms. The fourth-order valence-corrected chi connectivity index (χ4v) is 1.95. The second kappa shape index (κ2) is 6.70. The van der Waals surface area contributed by atoms with E-state index in [0.717, 1.165) is 5.76 Å². The lowest BCUT2D eigenvalue weighted by molar-refractivity contribution is 0.156. The fourth-order valence-electron chi connectivity index (χ4n) is 1.80. The van der Waals surface area contributed by atoms with Crippen LogP contribution in [-0.4, -0.2) is 13.7 Å². The van der Waals surface area contributed by atoms with E-state index in [4.69, 9.17) is 20.8 Å². The van der Waals surface area contributed by atoms with Gasteiger partial charge in [0.2, 0.25) is 0 Å². The van der Waals surface area contributed by atoms with Gasteiger partial charge in [-0.2, -0.15) is 0 Å². The molecule has 0 radical (unpaired) electrons. The van der Waals surface area contributed by atoms with E-state index in [9.17, 15) is 4.39 Å². The van der Waals surface area contributed by atoms with Crippen molar-refractivity contribution in [2.75, 3.05) is 13.7 Å². The SMILES string of the molecule is COC[C@@H](NCc1ccc(Cl)cc1F)c1ccco1. The highest BCUT2D eigenvalue weighted by molar-refractivity contribution is 6.30. The number of furan rings is 1. The van der Waals surface area contributed by atoms with Gasteiger partial charge in [-0.1, -0.05) is 17.7 Å². The summed E-state index contributed by atoms with van der Waals surface area (Å²) in [6.07, 6.45) is 1.60. The van der Waals surface area contributed by atoms with E-state index >= 15 is 0 Å².